The van der Waals surface area contributed by atoms with Gasteiger partial charge in [-0.05, 0) is 77.6 Å². The Bertz CT molecular complexity index is 5410. The molecule has 48 nitrogen and oxygen atoms in total. The van der Waals surface area contributed by atoms with Crippen LogP contribution in [0.3, 0.4) is 0 Å². The number of Topliss-reactive ketones (excluding diaryl/α,β-unsaturated/α-hetero) is 8. The Morgan fingerprint density at radius 3 is 0.596 bits per heavy atom. The van der Waals surface area contributed by atoms with Crippen LogP contribution in [-0.4, -0.2) is 315 Å². The fourth-order valence-corrected chi connectivity index (χ4v) is 19.1. The molecule has 146 heavy (non-hydrogen) atoms. The van der Waals surface area contributed by atoms with E-state index in [1.807, 2.05) is 38.1 Å². The quantitative estimate of drug-likeness (QED) is 0.00712. The number of carbonyl (C=O) groups is 20. The van der Waals surface area contributed by atoms with Crippen molar-refractivity contribution in [2.75, 3.05) is 157 Å². The zero-order valence-electron chi connectivity index (χ0n) is 84.8. The lowest BCUT2D eigenvalue weighted by Gasteiger charge is -2.16. The van der Waals surface area contributed by atoms with Crippen LogP contribution in [0.25, 0.3) is 0 Å². The number of hydrogen-bond donors (Lipinski definition) is 8. The van der Waals surface area contributed by atoms with Crippen LogP contribution in [0, 0.1) is 61.2 Å². The number of aryl methyl sites for hydroxylation is 2. The van der Waals surface area contributed by atoms with Crippen LogP contribution in [0.4, 0.5) is 0 Å². The molecule has 4 aromatic carbocycles. The summed E-state index contributed by atoms with van der Waals surface area (Å²) in [4.78, 5) is 304. The Morgan fingerprint density at radius 1 is 0.240 bits per heavy atom. The van der Waals surface area contributed by atoms with Crippen LogP contribution in [0.15, 0.2) is 109 Å². The summed E-state index contributed by atoms with van der Waals surface area (Å²) in [6.45, 7) is 24.0. The van der Waals surface area contributed by atoms with Crippen LogP contribution in [0.2, 0.25) is 0 Å². The van der Waals surface area contributed by atoms with E-state index in [0.29, 0.717) is 22.3 Å². The lowest BCUT2D eigenvalue weighted by Crippen LogP contribution is -2.35. The number of rotatable bonds is 48. The first-order chi connectivity index (χ1) is 66.9. The molecular weight excluding hydrogens is 2100 g/mol. The summed E-state index contributed by atoms with van der Waals surface area (Å²) in [7, 11) is -24.1. The fourth-order valence-electron chi connectivity index (χ4n) is 10.6. The minimum absolute atomic E-state index is 0.00320. The minimum Gasteiger partial charge on any atom is -0.468 e. The maximum Gasteiger partial charge on any atom is 0.375 e. The van der Waals surface area contributed by atoms with Gasteiger partial charge in [-0.25, -0.2) is 28.8 Å². The summed E-state index contributed by atoms with van der Waals surface area (Å²) in [5.41, 5.74) is 4.75. The van der Waals surface area contributed by atoms with E-state index in [1.165, 1.54) is 54.9 Å². The van der Waals surface area contributed by atoms with E-state index < -0.39 is 238 Å². The summed E-state index contributed by atoms with van der Waals surface area (Å²) in [6.07, 6.45) is -3.75. The van der Waals surface area contributed by atoms with E-state index in [9.17, 15) is 147 Å². The predicted octanol–water partition coefficient (Wildman–Crippen LogP) is 7.19. The fraction of sp³-hybridized carbons (Fsp3) is 0.511. The molecule has 0 aliphatic rings. The Balaban J connectivity index is -0.000000811. The second kappa shape index (κ2) is 69.6. The van der Waals surface area contributed by atoms with Crippen LogP contribution >= 0.6 is 59.0 Å². The van der Waals surface area contributed by atoms with Crippen LogP contribution in [0.1, 0.15) is 88.8 Å². The van der Waals surface area contributed by atoms with E-state index in [4.69, 9.17) is 43.4 Å². The number of ether oxygens (including phenoxy) is 12. The molecule has 0 amide bonds. The van der Waals surface area contributed by atoms with Gasteiger partial charge in [0.25, 0.3) is 34.7 Å². The van der Waals surface area contributed by atoms with Gasteiger partial charge < -0.3 is 96.0 Å². The van der Waals surface area contributed by atoms with E-state index in [0.717, 1.165) is 79.6 Å². The van der Waals surface area contributed by atoms with Gasteiger partial charge in [-0.15, -0.1) is 0 Å². The molecule has 0 aliphatic carbocycles. The van der Waals surface area contributed by atoms with Crippen molar-refractivity contribution in [1.29, 1.82) is 0 Å². The lowest BCUT2D eigenvalue weighted by molar-refractivity contribution is -0.163. The highest BCUT2D eigenvalue weighted by molar-refractivity contribution is 7.59. The average Bonchev–Trinajstić information content (AvgIpc) is 0.852. The molecule has 16 unspecified atom stereocenters. The third-order valence-electron chi connectivity index (χ3n) is 17.9. The van der Waals surface area contributed by atoms with Crippen LogP contribution < -0.4 is 0 Å². The molecule has 56 heteroatoms. The summed E-state index contributed by atoms with van der Waals surface area (Å²) >= 11 is 0. The van der Waals surface area contributed by atoms with Crippen molar-refractivity contribution < 1.29 is 228 Å². The number of esters is 12. The molecule has 16 atom stereocenters. The van der Waals surface area contributed by atoms with E-state index in [-0.39, 0.29) is 88.6 Å². The molecule has 8 N–H and O–H groups in total. The first-order valence-corrected chi connectivity index (χ1v) is 61.6. The smallest absolute Gasteiger partial charge is 0.375 e. The van der Waals surface area contributed by atoms with E-state index in [1.54, 1.807) is 98.8 Å². The number of benzene rings is 4. The van der Waals surface area contributed by atoms with Gasteiger partial charge in [0, 0.05) is 114 Å². The van der Waals surface area contributed by atoms with Crippen LogP contribution in [0.5, 0.6) is 0 Å². The molecular formula is C90H132O48P8. The van der Waals surface area contributed by atoms with Gasteiger partial charge in [-0.1, -0.05) is 134 Å². The first kappa shape index (κ1) is 142. The summed E-state index contributed by atoms with van der Waals surface area (Å²) < 4.78 is 145. The van der Waals surface area contributed by atoms with Gasteiger partial charge in [0.15, 0.2) is 59.0 Å². The molecule has 0 bridgehead atoms. The van der Waals surface area contributed by atoms with Crippen LogP contribution in [-0.2, 0) is 216 Å². The number of ketones is 8. The third-order valence-corrected chi connectivity index (χ3v) is 26.6. The SMILES string of the molecule is CC(=O)C(C)CP(C)(=O)O.CC(=O)C(C)CP(C)(=O)O.CCOC(=O)C(=O)C(CP(C)(=O)O)C(=O)OC.CCOC(=O)C(=O)C(CP(C)(=O)O)C(=O)OCC.CCOC(=O)C(CP(C)(=O)O)C(=O)C(=O)OC.COC(=O)C(=O)C(CP(C)(=O)O)C(=O)OC.CP(=O)(O)CC(C(=O)OCc1ccccc1)C(=O)C(=O)OCc1ccccc1.Cc1ccc(COC(=O)C(=O)C(CP(C)(=O)O)C(=O)OCc2ccc(C)cc2)cc1. The molecule has 4 rings (SSSR count). The molecule has 0 saturated heterocycles. The Morgan fingerprint density at radius 2 is 0.418 bits per heavy atom. The molecule has 0 spiro atoms. The highest BCUT2D eigenvalue weighted by Crippen LogP contribution is 2.44. The number of hydrogen-bond acceptors (Lipinski definition) is 40. The normalized spacial score (nSPS) is 15.4. The van der Waals surface area contributed by atoms with Crippen molar-refractivity contribution >= 4 is 177 Å². The predicted molar refractivity (Wildman–Crippen MR) is 525 cm³/mol. The molecule has 0 saturated carbocycles. The highest BCUT2D eigenvalue weighted by atomic mass is 31.2. The molecule has 0 radical (unpaired) electrons. The Kier molecular flexibility index (Phi) is 67.5. The lowest BCUT2D eigenvalue weighted by atomic mass is 10.1. The van der Waals surface area contributed by atoms with E-state index in [2.05, 4.69) is 37.9 Å². The molecule has 0 heterocycles. The van der Waals surface area contributed by atoms with E-state index >= 15 is 0 Å². The molecule has 0 aromatic heterocycles. The standard InChI is InChI=1S/C22H25O7P.C20H21O7P.C10H17O7P.2C9H15O7P.C8H13O7P.2C6H13O3P/c1-15-4-8-17(9-5-15)12-28-21(24)19(14-30(3,26)27)20(23)22(25)29-13-18-10-6-16(2)7-11-18;1-28(24,25)14-17(19(22)26-12-15-8-4-2-5-9-15)18(21)20(23)27-13-16-10-6-3-7-11-16;1-4-16-9(12)7(6-18(3,14)15)8(11)10(13)17-5-2;1-4-16-8(11)6(5-17(3,13)14)7(10)9(12)15-2;1-4-16-9(12)7(10)6(8(11)15-2)5-17(3,13)14;1-14-7(10)5(4-16(3,12)13)6(9)8(11)15-2;2*1-5(6(2)7)4-10(3,8)9/h4-11,19H,12-14H2,1-3H3,(H,26,27);2-11,17H,12-14H2,1H3,(H,24,25);7H,4-6H2,1-3H3,(H,14,15);2*6H,4-5H2,1-3H3,(H,13,14);5H,4H2,1-3H3,(H,12,13);2*5H,4H2,1-3H3,(H,8,9). The van der Waals surface area contributed by atoms with Gasteiger partial charge in [-0.2, -0.15) is 0 Å². The summed E-state index contributed by atoms with van der Waals surface area (Å²) in [5.74, 6) is -31.1. The maximum absolute atomic E-state index is 12.5. The second-order valence-corrected chi connectivity index (χ2v) is 52.4. The Hall–Kier alpha value is -10.6. The van der Waals surface area contributed by atoms with Crippen molar-refractivity contribution in [3.63, 3.8) is 0 Å². The first-order valence-electron chi connectivity index (χ1n) is 43.3. The monoisotopic (exact) mass is 2230 g/mol. The third kappa shape index (κ3) is 68.0. The molecule has 820 valence electrons. The van der Waals surface area contributed by atoms with Crippen molar-refractivity contribution in [3.05, 3.63) is 143 Å². The van der Waals surface area contributed by atoms with Crippen molar-refractivity contribution in [2.45, 2.75) is 95.7 Å². The molecule has 0 aliphatic heterocycles. The average molecular weight is 2230 g/mol. The highest BCUT2D eigenvalue weighted by Gasteiger charge is 2.44. The second-order valence-electron chi connectivity index (χ2n) is 32.7. The van der Waals surface area contributed by atoms with Gasteiger partial charge in [0.2, 0.25) is 0 Å². The van der Waals surface area contributed by atoms with Gasteiger partial charge in [-0.3, -0.25) is 104 Å². The summed E-state index contributed by atoms with van der Waals surface area (Å²) in [6, 6.07) is 31.7. The van der Waals surface area contributed by atoms with Gasteiger partial charge in [0.1, 0.15) is 73.5 Å². The number of carbonyl (C=O) groups excluding carboxylic acids is 20. The largest absolute Gasteiger partial charge is 0.468 e. The number of methoxy groups -OCH3 is 4. The molecule has 4 aromatic rings. The van der Waals surface area contributed by atoms with Gasteiger partial charge in [0.05, 0.1) is 54.9 Å². The van der Waals surface area contributed by atoms with Crippen molar-refractivity contribution in [3.8, 4) is 0 Å². The van der Waals surface area contributed by atoms with Crippen molar-refractivity contribution in [2.24, 2.45) is 47.3 Å². The van der Waals surface area contributed by atoms with Gasteiger partial charge >= 0.3 is 71.6 Å². The zero-order valence-corrected chi connectivity index (χ0v) is 92.0. The topological polar surface area (TPSA) is 751 Å². The minimum atomic E-state index is -3.78. The summed E-state index contributed by atoms with van der Waals surface area (Å²) in [5, 5.41) is 0. The molecule has 0 fully saturated rings. The zero-order chi connectivity index (χ0) is 114. The van der Waals surface area contributed by atoms with Crippen molar-refractivity contribution in [1.82, 2.24) is 0 Å². The maximum atomic E-state index is 12.5. The Labute approximate surface area is 844 Å².